The van der Waals surface area contributed by atoms with E-state index in [9.17, 15) is 4.79 Å². The Hall–Kier alpha value is -1.61. The number of fused-ring (bicyclic) bond motifs is 2. The highest BCUT2D eigenvalue weighted by Crippen LogP contribution is 2.32. The molecule has 0 spiro atoms. The van der Waals surface area contributed by atoms with E-state index < -0.39 is 0 Å². The maximum atomic E-state index is 12.5. The second-order valence-corrected chi connectivity index (χ2v) is 7.17. The van der Waals surface area contributed by atoms with Gasteiger partial charge in [-0.2, -0.15) is 0 Å². The first kappa shape index (κ1) is 13.1. The van der Waals surface area contributed by atoms with Crippen LogP contribution in [0, 0.1) is 0 Å². The monoisotopic (exact) mass is 297 g/mol. The number of rotatable bonds is 2. The highest BCUT2D eigenvalue weighted by atomic mass is 32.1. The average Bonchev–Trinajstić information content (AvgIpc) is 3.09. The van der Waals surface area contributed by atoms with E-state index in [2.05, 4.69) is 35.6 Å². The Morgan fingerprint density at radius 3 is 2.86 bits per heavy atom. The van der Waals surface area contributed by atoms with Crippen molar-refractivity contribution in [3.8, 4) is 0 Å². The second-order valence-electron chi connectivity index (χ2n) is 6.03. The van der Waals surface area contributed by atoms with Crippen LogP contribution in [0.15, 0.2) is 30.3 Å². The number of carbonyl (C=O) groups is 1. The summed E-state index contributed by atoms with van der Waals surface area (Å²) < 4.78 is 0. The van der Waals surface area contributed by atoms with Crippen molar-refractivity contribution in [1.82, 2.24) is 5.32 Å². The molecule has 108 valence electrons. The zero-order valence-electron chi connectivity index (χ0n) is 12.0. The lowest BCUT2D eigenvalue weighted by molar-refractivity contribution is 0.0937. The highest BCUT2D eigenvalue weighted by molar-refractivity contribution is 7.14. The van der Waals surface area contributed by atoms with Crippen LogP contribution in [-0.4, -0.2) is 5.91 Å². The second kappa shape index (κ2) is 5.30. The first-order chi connectivity index (χ1) is 10.3. The molecule has 4 rings (SSSR count). The molecule has 2 aromatic rings. The van der Waals surface area contributed by atoms with Crippen LogP contribution in [0.3, 0.4) is 0 Å². The molecule has 0 bridgehead atoms. The third-order valence-electron chi connectivity index (χ3n) is 4.65. The Morgan fingerprint density at radius 2 is 1.95 bits per heavy atom. The topological polar surface area (TPSA) is 29.1 Å². The zero-order chi connectivity index (χ0) is 14.2. The molecule has 0 saturated heterocycles. The Kier molecular flexibility index (Phi) is 3.30. The first-order valence-electron chi connectivity index (χ1n) is 7.81. The summed E-state index contributed by atoms with van der Waals surface area (Å²) in [5.41, 5.74) is 4.10. The van der Waals surface area contributed by atoms with E-state index in [1.165, 1.54) is 28.0 Å². The minimum absolute atomic E-state index is 0.108. The maximum Gasteiger partial charge on any atom is 0.261 e. The number of hydrogen-bond donors (Lipinski definition) is 1. The van der Waals surface area contributed by atoms with Crippen LogP contribution in [0.4, 0.5) is 0 Å². The Balaban J connectivity index is 1.54. The van der Waals surface area contributed by atoms with Gasteiger partial charge in [0.2, 0.25) is 0 Å². The number of nitrogens with one attached hydrogen (secondary N) is 1. The predicted molar refractivity (Wildman–Crippen MR) is 85.9 cm³/mol. The van der Waals surface area contributed by atoms with Gasteiger partial charge in [0, 0.05) is 4.88 Å². The fraction of sp³-hybridized carbons (Fsp3) is 0.389. The van der Waals surface area contributed by atoms with Crippen LogP contribution in [0.1, 0.15) is 56.5 Å². The number of hydrogen-bond acceptors (Lipinski definition) is 2. The van der Waals surface area contributed by atoms with Gasteiger partial charge in [0.1, 0.15) is 0 Å². The van der Waals surface area contributed by atoms with Gasteiger partial charge in [0.05, 0.1) is 10.9 Å². The quantitative estimate of drug-likeness (QED) is 0.890. The molecule has 0 radical (unpaired) electrons. The van der Waals surface area contributed by atoms with Gasteiger partial charge in [-0.25, -0.2) is 0 Å². The lowest BCUT2D eigenvalue weighted by atomic mass is 9.88. The van der Waals surface area contributed by atoms with Crippen molar-refractivity contribution in [3.05, 3.63) is 56.8 Å². The predicted octanol–water partition coefficient (Wildman–Crippen LogP) is 4.04. The smallest absolute Gasteiger partial charge is 0.261 e. The van der Waals surface area contributed by atoms with Crippen molar-refractivity contribution >= 4 is 17.2 Å². The van der Waals surface area contributed by atoms with Gasteiger partial charge in [-0.1, -0.05) is 24.3 Å². The van der Waals surface area contributed by atoms with Crippen LogP contribution >= 0.6 is 11.3 Å². The largest absolute Gasteiger partial charge is 0.345 e. The fourth-order valence-corrected chi connectivity index (χ4v) is 4.73. The van der Waals surface area contributed by atoms with E-state index in [1.807, 2.05) is 0 Å². The molecule has 0 saturated carbocycles. The van der Waals surface area contributed by atoms with Crippen molar-refractivity contribution in [2.75, 3.05) is 0 Å². The molecule has 2 nitrogen and oxygen atoms in total. The molecule has 1 amide bonds. The summed E-state index contributed by atoms with van der Waals surface area (Å²) in [6, 6.07) is 10.8. The van der Waals surface area contributed by atoms with Crippen molar-refractivity contribution in [1.29, 1.82) is 0 Å². The Labute approximate surface area is 129 Å². The molecular formula is C18H19NOS. The summed E-state index contributed by atoms with van der Waals surface area (Å²) in [7, 11) is 0. The lowest BCUT2D eigenvalue weighted by Crippen LogP contribution is -2.30. The van der Waals surface area contributed by atoms with Gasteiger partial charge in [-0.15, -0.1) is 11.3 Å². The minimum atomic E-state index is 0.108. The molecule has 1 aromatic carbocycles. The minimum Gasteiger partial charge on any atom is -0.345 e. The number of thiophene rings is 1. The SMILES string of the molecule is O=C(N[C@H]1CCCc2ccccc21)c1cc2c(s1)CCC2. The Bertz CT molecular complexity index is 667. The van der Waals surface area contributed by atoms with Gasteiger partial charge >= 0.3 is 0 Å². The van der Waals surface area contributed by atoms with Crippen LogP contribution in [-0.2, 0) is 19.3 Å². The number of aryl methyl sites for hydroxylation is 3. The van der Waals surface area contributed by atoms with E-state index in [4.69, 9.17) is 0 Å². The molecule has 0 unspecified atom stereocenters. The molecule has 0 fully saturated rings. The molecular weight excluding hydrogens is 278 g/mol. The number of carbonyl (C=O) groups excluding carboxylic acids is 1. The maximum absolute atomic E-state index is 12.5. The highest BCUT2D eigenvalue weighted by Gasteiger charge is 2.24. The first-order valence-corrected chi connectivity index (χ1v) is 8.63. The van der Waals surface area contributed by atoms with Crippen molar-refractivity contribution < 1.29 is 4.79 Å². The number of amides is 1. The van der Waals surface area contributed by atoms with E-state index >= 15 is 0 Å². The average molecular weight is 297 g/mol. The summed E-state index contributed by atoms with van der Waals surface area (Å²) in [5.74, 6) is 0.108. The van der Waals surface area contributed by atoms with E-state index in [0.717, 1.165) is 37.0 Å². The number of benzene rings is 1. The molecule has 2 aliphatic carbocycles. The van der Waals surface area contributed by atoms with Crippen LogP contribution in [0.2, 0.25) is 0 Å². The van der Waals surface area contributed by atoms with E-state index in [1.54, 1.807) is 11.3 Å². The molecule has 1 heterocycles. The van der Waals surface area contributed by atoms with Crippen molar-refractivity contribution in [3.63, 3.8) is 0 Å². The van der Waals surface area contributed by atoms with Crippen LogP contribution < -0.4 is 5.32 Å². The van der Waals surface area contributed by atoms with Crippen LogP contribution in [0.25, 0.3) is 0 Å². The van der Waals surface area contributed by atoms with Crippen LogP contribution in [0.5, 0.6) is 0 Å². The van der Waals surface area contributed by atoms with Gasteiger partial charge in [-0.3, -0.25) is 4.79 Å². The van der Waals surface area contributed by atoms with E-state index in [0.29, 0.717) is 0 Å². The summed E-state index contributed by atoms with van der Waals surface area (Å²) in [6.07, 6.45) is 6.89. The lowest BCUT2D eigenvalue weighted by Gasteiger charge is -2.26. The summed E-state index contributed by atoms with van der Waals surface area (Å²) in [6.45, 7) is 0. The standard InChI is InChI=1S/C18H19NOS/c20-18(17-11-13-7-4-10-16(13)21-17)19-15-9-3-6-12-5-1-2-8-14(12)15/h1-2,5,8,11,15H,3-4,6-7,9-10H2,(H,19,20)/t15-/m0/s1. The summed E-state index contributed by atoms with van der Waals surface area (Å²) >= 11 is 1.69. The van der Waals surface area contributed by atoms with Crippen molar-refractivity contribution in [2.45, 2.75) is 44.6 Å². The van der Waals surface area contributed by atoms with E-state index in [-0.39, 0.29) is 11.9 Å². The molecule has 0 aliphatic heterocycles. The summed E-state index contributed by atoms with van der Waals surface area (Å²) in [4.78, 5) is 14.8. The van der Waals surface area contributed by atoms with Gasteiger partial charge in [-0.05, 0) is 61.3 Å². The molecule has 1 atom stereocenters. The zero-order valence-corrected chi connectivity index (χ0v) is 12.8. The molecule has 21 heavy (non-hydrogen) atoms. The van der Waals surface area contributed by atoms with Crippen molar-refractivity contribution in [2.24, 2.45) is 0 Å². The normalized spacial score (nSPS) is 19.9. The van der Waals surface area contributed by atoms with Gasteiger partial charge in [0.15, 0.2) is 0 Å². The molecule has 1 N–H and O–H groups in total. The Morgan fingerprint density at radius 1 is 1.10 bits per heavy atom. The van der Waals surface area contributed by atoms with Gasteiger partial charge < -0.3 is 5.32 Å². The molecule has 3 heteroatoms. The third-order valence-corrected chi connectivity index (χ3v) is 5.88. The molecule has 1 aromatic heterocycles. The summed E-state index contributed by atoms with van der Waals surface area (Å²) in [5, 5.41) is 3.25. The third kappa shape index (κ3) is 2.40. The fourth-order valence-electron chi connectivity index (χ4n) is 3.57. The molecule has 2 aliphatic rings. The van der Waals surface area contributed by atoms with Gasteiger partial charge in [0.25, 0.3) is 5.91 Å².